The summed E-state index contributed by atoms with van der Waals surface area (Å²) in [4.78, 5) is 87.9. The number of pyridine rings is 1. The molecule has 3 atom stereocenters. The van der Waals surface area contributed by atoms with Gasteiger partial charge < -0.3 is 39.5 Å². The average molecular weight is 723 g/mol. The fraction of sp³-hybridized carbons (Fsp3) is 0.595. The van der Waals surface area contributed by atoms with Crippen molar-refractivity contribution in [1.29, 1.82) is 0 Å². The second-order valence-electron chi connectivity index (χ2n) is 13.5. The van der Waals surface area contributed by atoms with Gasteiger partial charge in [-0.25, -0.2) is 9.78 Å². The van der Waals surface area contributed by atoms with Gasteiger partial charge in [-0.2, -0.15) is 0 Å². The first-order chi connectivity index (χ1) is 25.0. The summed E-state index contributed by atoms with van der Waals surface area (Å²) in [5, 5.41) is 6.34. The number of hydrogen-bond acceptors (Lipinski definition) is 10. The number of carbonyl (C=O) groups excluding carboxylic acids is 6. The summed E-state index contributed by atoms with van der Waals surface area (Å²) in [6.45, 7) is 9.35. The number of fused-ring (bicyclic) bond motifs is 1. The predicted molar refractivity (Wildman–Crippen MR) is 189 cm³/mol. The molecule has 2 saturated heterocycles. The van der Waals surface area contributed by atoms with Crippen molar-refractivity contribution in [3.8, 4) is 5.75 Å². The molecular formula is C37H50N6O9. The Hall–Kier alpha value is -4.95. The predicted octanol–water partition coefficient (Wildman–Crippen LogP) is 2.57. The number of amides is 5. The van der Waals surface area contributed by atoms with Gasteiger partial charge in [0.05, 0.1) is 18.7 Å². The molecule has 5 amide bonds. The Morgan fingerprint density at radius 1 is 0.904 bits per heavy atom. The molecule has 3 heterocycles. The zero-order valence-electron chi connectivity index (χ0n) is 30.5. The molecule has 0 spiro atoms. The van der Waals surface area contributed by atoms with Crippen LogP contribution in [0.25, 0.3) is 10.9 Å². The van der Waals surface area contributed by atoms with E-state index in [9.17, 15) is 28.8 Å². The number of likely N-dealkylation sites (tertiary alicyclic amines) is 1. The van der Waals surface area contributed by atoms with Crippen molar-refractivity contribution in [2.75, 3.05) is 52.5 Å². The van der Waals surface area contributed by atoms with E-state index in [2.05, 4.69) is 15.6 Å². The van der Waals surface area contributed by atoms with Crippen LogP contribution in [0, 0.1) is 12.8 Å². The van der Waals surface area contributed by atoms with Gasteiger partial charge in [-0.15, -0.1) is 0 Å². The van der Waals surface area contributed by atoms with E-state index < -0.39 is 42.1 Å². The van der Waals surface area contributed by atoms with Crippen molar-refractivity contribution in [2.24, 2.45) is 5.92 Å². The Morgan fingerprint density at radius 3 is 2.31 bits per heavy atom. The van der Waals surface area contributed by atoms with E-state index in [1.807, 2.05) is 13.0 Å². The standard InChI is InChI=1S/C37H50N6O9/c1-5-50-32(44)14-13-27(36(48)41-16-18-42(19-17-41)37(49)51-6-2)40-33(45)29-21-31(26-12-9-23(3)20-28(26)39-29)52-24(4)35(47)43-15-7-8-30(43)34(46)38-22-25-10-11-25/h9,12,20-21,24-25,27,30H,5-8,10-11,13-19,22H2,1-4H3,(H,38,46)(H,40,45)/t24-,27?,30?/m1/s1. The summed E-state index contributed by atoms with van der Waals surface area (Å²) < 4.78 is 16.4. The molecule has 15 nitrogen and oxygen atoms in total. The summed E-state index contributed by atoms with van der Waals surface area (Å²) in [6, 6.07) is 5.24. The smallest absolute Gasteiger partial charge is 0.409 e. The van der Waals surface area contributed by atoms with Crippen molar-refractivity contribution < 1.29 is 43.0 Å². The molecule has 2 aliphatic heterocycles. The van der Waals surface area contributed by atoms with Crippen LogP contribution < -0.4 is 15.4 Å². The third-order valence-electron chi connectivity index (χ3n) is 9.58. The molecule has 3 aliphatic rings. The topological polar surface area (TPSA) is 177 Å². The second-order valence-corrected chi connectivity index (χ2v) is 13.5. The summed E-state index contributed by atoms with van der Waals surface area (Å²) in [7, 11) is 0. The molecule has 2 unspecified atom stereocenters. The van der Waals surface area contributed by atoms with Gasteiger partial charge in [0.15, 0.2) is 6.10 Å². The first-order valence-corrected chi connectivity index (χ1v) is 18.3. The first-order valence-electron chi connectivity index (χ1n) is 18.3. The Bertz CT molecular complexity index is 1660. The number of esters is 1. The maximum atomic E-state index is 13.9. The number of nitrogens with zero attached hydrogens (tertiary/aromatic N) is 4. The number of rotatable bonds is 14. The molecule has 15 heteroatoms. The van der Waals surface area contributed by atoms with E-state index in [1.165, 1.54) is 11.0 Å². The number of piperazine rings is 1. The molecule has 282 valence electrons. The third kappa shape index (κ3) is 9.68. The van der Waals surface area contributed by atoms with E-state index in [-0.39, 0.29) is 75.5 Å². The van der Waals surface area contributed by atoms with Crippen LogP contribution in [0.3, 0.4) is 0 Å². The van der Waals surface area contributed by atoms with Crippen molar-refractivity contribution in [3.63, 3.8) is 0 Å². The molecule has 0 bridgehead atoms. The van der Waals surface area contributed by atoms with Gasteiger partial charge >= 0.3 is 12.1 Å². The van der Waals surface area contributed by atoms with Crippen LogP contribution >= 0.6 is 0 Å². The summed E-state index contributed by atoms with van der Waals surface area (Å²) in [5.74, 6) is -1.31. The number of benzene rings is 1. The van der Waals surface area contributed by atoms with Gasteiger partial charge in [0, 0.05) is 57.1 Å². The van der Waals surface area contributed by atoms with E-state index in [4.69, 9.17) is 14.2 Å². The number of ether oxygens (including phenoxy) is 3. The van der Waals surface area contributed by atoms with Crippen LogP contribution in [-0.2, 0) is 28.7 Å². The van der Waals surface area contributed by atoms with E-state index >= 15 is 0 Å². The van der Waals surface area contributed by atoms with Crippen molar-refractivity contribution in [2.45, 2.75) is 84.4 Å². The molecule has 0 radical (unpaired) electrons. The highest BCUT2D eigenvalue weighted by molar-refractivity contribution is 6.00. The quantitative estimate of drug-likeness (QED) is 0.276. The maximum absolute atomic E-state index is 13.9. The molecule has 2 N–H and O–H groups in total. The van der Waals surface area contributed by atoms with Gasteiger partial charge in [0.2, 0.25) is 11.8 Å². The molecule has 52 heavy (non-hydrogen) atoms. The number of aryl methyl sites for hydroxylation is 1. The summed E-state index contributed by atoms with van der Waals surface area (Å²) in [5.41, 5.74) is 1.28. The Kier molecular flexibility index (Phi) is 12.9. The van der Waals surface area contributed by atoms with Crippen LogP contribution in [0.5, 0.6) is 5.75 Å². The summed E-state index contributed by atoms with van der Waals surface area (Å²) >= 11 is 0. The zero-order chi connectivity index (χ0) is 37.4. The molecule has 1 aromatic carbocycles. The molecule has 1 aliphatic carbocycles. The number of hydrogen-bond donors (Lipinski definition) is 2. The minimum absolute atomic E-state index is 0.0195. The SMILES string of the molecule is CCOC(=O)CCC(NC(=O)c1cc(O[C@H](C)C(=O)N2CCCC2C(=O)NCC2CC2)c2ccc(C)cc2n1)C(=O)N1CCN(C(=O)OCC)CC1. The largest absolute Gasteiger partial charge is 0.480 e. The molecule has 1 saturated carbocycles. The van der Waals surface area contributed by atoms with Crippen LogP contribution in [0.4, 0.5) is 4.79 Å². The summed E-state index contributed by atoms with van der Waals surface area (Å²) in [6.07, 6.45) is 1.94. The number of nitrogens with one attached hydrogen (secondary N) is 2. The lowest BCUT2D eigenvalue weighted by atomic mass is 10.1. The highest BCUT2D eigenvalue weighted by atomic mass is 16.6. The Balaban J connectivity index is 1.33. The van der Waals surface area contributed by atoms with Crippen molar-refractivity contribution >= 4 is 46.6 Å². The second kappa shape index (κ2) is 17.5. The van der Waals surface area contributed by atoms with E-state index in [1.54, 1.807) is 42.7 Å². The zero-order valence-corrected chi connectivity index (χ0v) is 30.5. The van der Waals surface area contributed by atoms with E-state index in [0.29, 0.717) is 42.8 Å². The molecular weight excluding hydrogens is 672 g/mol. The van der Waals surface area contributed by atoms with E-state index in [0.717, 1.165) is 18.4 Å². The highest BCUT2D eigenvalue weighted by Crippen LogP contribution is 2.30. The highest BCUT2D eigenvalue weighted by Gasteiger charge is 2.38. The fourth-order valence-corrected chi connectivity index (χ4v) is 6.51. The van der Waals surface area contributed by atoms with Crippen LogP contribution in [0.15, 0.2) is 24.3 Å². The van der Waals surface area contributed by atoms with Crippen molar-refractivity contribution in [1.82, 2.24) is 30.3 Å². The lowest BCUT2D eigenvalue weighted by Crippen LogP contribution is -2.56. The van der Waals surface area contributed by atoms with Gasteiger partial charge in [0.1, 0.15) is 23.5 Å². The molecule has 3 fully saturated rings. The monoisotopic (exact) mass is 722 g/mol. The Labute approximate surface area is 303 Å². The molecule has 2 aromatic rings. The Morgan fingerprint density at radius 2 is 1.62 bits per heavy atom. The van der Waals surface area contributed by atoms with Gasteiger partial charge in [0.25, 0.3) is 11.8 Å². The van der Waals surface area contributed by atoms with Gasteiger partial charge in [-0.05, 0) is 83.4 Å². The third-order valence-corrected chi connectivity index (χ3v) is 9.58. The van der Waals surface area contributed by atoms with Crippen LogP contribution in [0.1, 0.15) is 75.3 Å². The lowest BCUT2D eigenvalue weighted by molar-refractivity contribution is -0.144. The van der Waals surface area contributed by atoms with Crippen LogP contribution in [-0.4, -0.2) is 126 Å². The van der Waals surface area contributed by atoms with Gasteiger partial charge in [-0.3, -0.25) is 24.0 Å². The minimum atomic E-state index is -1.09. The minimum Gasteiger partial charge on any atom is -0.480 e. The molecule has 1 aromatic heterocycles. The maximum Gasteiger partial charge on any atom is 0.409 e. The average Bonchev–Trinajstić information content (AvgIpc) is 3.84. The van der Waals surface area contributed by atoms with Crippen LogP contribution in [0.2, 0.25) is 0 Å². The fourth-order valence-electron chi connectivity index (χ4n) is 6.51. The normalized spacial score (nSPS) is 18.4. The van der Waals surface area contributed by atoms with Crippen molar-refractivity contribution in [3.05, 3.63) is 35.5 Å². The first kappa shape index (κ1) is 38.3. The molecule has 5 rings (SSSR count). The van der Waals surface area contributed by atoms with Gasteiger partial charge in [-0.1, -0.05) is 6.07 Å². The lowest BCUT2D eigenvalue weighted by Gasteiger charge is -2.36. The number of aromatic nitrogens is 1. The number of carbonyl (C=O) groups is 6.